The summed E-state index contributed by atoms with van der Waals surface area (Å²) in [4.78, 5) is 14.2. The fraction of sp³-hybridized carbons (Fsp3) is 0.350. The van der Waals surface area contributed by atoms with Crippen LogP contribution in [-0.4, -0.2) is 37.1 Å². The number of anilines is 1. The largest absolute Gasteiger partial charge is 0.322 e. The number of rotatable bonds is 3. The number of nitrogens with one attached hydrogen (secondary N) is 1. The lowest BCUT2D eigenvalue weighted by atomic mass is 9.90. The molecule has 1 atom stereocenters. The summed E-state index contributed by atoms with van der Waals surface area (Å²) >= 11 is -1.89. The lowest BCUT2D eigenvalue weighted by Gasteiger charge is -2.29. The molecular weight excluding hydrogens is 381 g/mol. The molecule has 2 aromatic rings. The van der Waals surface area contributed by atoms with Gasteiger partial charge in [-0.2, -0.15) is 0 Å². The number of carbonyl (C=O) groups is 1. The van der Waals surface area contributed by atoms with Crippen LogP contribution in [0.5, 0.6) is 0 Å². The van der Waals surface area contributed by atoms with Crippen molar-refractivity contribution in [3.05, 3.63) is 65.0 Å². The molecule has 2 heterocycles. The zero-order valence-corrected chi connectivity index (χ0v) is 16.1. The zero-order valence-electron chi connectivity index (χ0n) is 15.3. The molecule has 0 radical (unpaired) electrons. The van der Waals surface area contributed by atoms with Crippen molar-refractivity contribution in [2.75, 3.05) is 18.4 Å². The van der Waals surface area contributed by atoms with Crippen LogP contribution in [0.25, 0.3) is 0 Å². The van der Waals surface area contributed by atoms with E-state index in [9.17, 15) is 13.4 Å². The molecule has 0 aromatic heterocycles. The van der Waals surface area contributed by atoms with Crippen LogP contribution < -0.4 is 5.32 Å². The number of nitrogens with zero attached hydrogens (tertiary/aromatic N) is 2. The van der Waals surface area contributed by atoms with Gasteiger partial charge >= 0.3 is 6.03 Å². The van der Waals surface area contributed by atoms with Crippen LogP contribution in [0.2, 0.25) is 0 Å². The zero-order chi connectivity index (χ0) is 19.7. The first-order chi connectivity index (χ1) is 13.5. The summed E-state index contributed by atoms with van der Waals surface area (Å²) in [5, 5.41) is 2.90. The third-order valence-electron chi connectivity index (χ3n) is 5.49. The molecule has 2 aromatic carbocycles. The summed E-state index contributed by atoms with van der Waals surface area (Å²) in [6, 6.07) is 12.2. The molecule has 0 saturated carbocycles. The van der Waals surface area contributed by atoms with Gasteiger partial charge in [-0.05, 0) is 59.7 Å². The number of halogens is 1. The summed E-state index contributed by atoms with van der Waals surface area (Å²) in [5.74, 6) is 0.0696. The highest BCUT2D eigenvalue weighted by Gasteiger charge is 2.25. The normalized spacial score (nSPS) is 18.7. The Kier molecular flexibility index (Phi) is 5.43. The smallest absolute Gasteiger partial charge is 0.316 e. The Morgan fingerprint density at radius 3 is 2.43 bits per heavy atom. The maximum absolute atomic E-state index is 13.3. The Balaban J connectivity index is 1.34. The van der Waals surface area contributed by atoms with Gasteiger partial charge in [0.05, 0.1) is 0 Å². The first-order valence-electron chi connectivity index (χ1n) is 9.29. The van der Waals surface area contributed by atoms with E-state index in [1.807, 2.05) is 24.3 Å². The van der Waals surface area contributed by atoms with Crippen molar-refractivity contribution in [1.82, 2.24) is 9.21 Å². The summed E-state index contributed by atoms with van der Waals surface area (Å²) in [6.07, 6.45) is 1.67. The molecule has 0 aliphatic carbocycles. The van der Waals surface area contributed by atoms with E-state index in [2.05, 4.69) is 5.32 Å². The summed E-state index contributed by atoms with van der Waals surface area (Å²) in [6.45, 7) is 2.08. The van der Waals surface area contributed by atoms with Crippen molar-refractivity contribution < 1.29 is 17.9 Å². The van der Waals surface area contributed by atoms with Crippen molar-refractivity contribution in [3.8, 4) is 0 Å². The minimum Gasteiger partial charge on any atom is -0.316 e. The molecule has 148 valence electrons. The number of urea groups is 1. The Morgan fingerprint density at radius 1 is 1.07 bits per heavy atom. The second kappa shape index (κ2) is 7.98. The molecule has 2 amide bonds. The standard InChI is InChI=1S/C20H22FN3O3S/c21-18-4-1-16-12-23(13-17(16)11-18)20(25)22-19-5-2-14(3-6-19)15-7-9-24(10-8-15)28(26)27/h1-6,11,15H,7-10,12-13H2,(H,22,25)(H,26,27). The van der Waals surface area contributed by atoms with Crippen LogP contribution in [0.4, 0.5) is 14.9 Å². The van der Waals surface area contributed by atoms with Crippen LogP contribution in [0, 0.1) is 5.82 Å². The Labute approximate surface area is 165 Å². The van der Waals surface area contributed by atoms with E-state index in [-0.39, 0.29) is 11.8 Å². The maximum atomic E-state index is 13.3. The number of hydrogen-bond acceptors (Lipinski definition) is 2. The van der Waals surface area contributed by atoms with Crippen LogP contribution in [0.15, 0.2) is 42.5 Å². The van der Waals surface area contributed by atoms with Crippen molar-refractivity contribution >= 4 is 23.0 Å². The van der Waals surface area contributed by atoms with E-state index < -0.39 is 11.3 Å². The first kappa shape index (κ1) is 19.0. The molecule has 2 aliphatic rings. The van der Waals surface area contributed by atoms with Crippen LogP contribution >= 0.6 is 0 Å². The lowest BCUT2D eigenvalue weighted by molar-refractivity contribution is 0.212. The highest BCUT2D eigenvalue weighted by molar-refractivity contribution is 7.76. The molecule has 0 bridgehead atoms. The molecule has 1 fully saturated rings. The molecule has 4 rings (SSSR count). The van der Waals surface area contributed by atoms with Crippen LogP contribution in [-0.2, 0) is 24.4 Å². The number of benzene rings is 2. The average molecular weight is 403 g/mol. The second-order valence-corrected chi connectivity index (χ2v) is 8.23. The number of amides is 2. The van der Waals surface area contributed by atoms with E-state index in [4.69, 9.17) is 4.55 Å². The van der Waals surface area contributed by atoms with Crippen molar-refractivity contribution in [1.29, 1.82) is 0 Å². The van der Waals surface area contributed by atoms with E-state index >= 15 is 0 Å². The van der Waals surface area contributed by atoms with Gasteiger partial charge in [-0.1, -0.05) is 18.2 Å². The minimum absolute atomic E-state index is 0.205. The number of piperidine rings is 1. The molecule has 0 spiro atoms. The summed E-state index contributed by atoms with van der Waals surface area (Å²) in [7, 11) is 0. The quantitative estimate of drug-likeness (QED) is 0.768. The molecule has 2 N–H and O–H groups in total. The Hall–Kier alpha value is -2.29. The van der Waals surface area contributed by atoms with Crippen LogP contribution in [0.3, 0.4) is 0 Å². The number of carbonyl (C=O) groups excluding carboxylic acids is 1. The predicted molar refractivity (Wildman–Crippen MR) is 105 cm³/mol. The second-order valence-electron chi connectivity index (χ2n) is 7.26. The maximum Gasteiger partial charge on any atom is 0.322 e. The van der Waals surface area contributed by atoms with Gasteiger partial charge in [-0.25, -0.2) is 17.7 Å². The van der Waals surface area contributed by atoms with Gasteiger partial charge in [-0.15, -0.1) is 0 Å². The fourth-order valence-electron chi connectivity index (χ4n) is 3.89. The van der Waals surface area contributed by atoms with E-state index in [0.717, 1.165) is 24.0 Å². The summed E-state index contributed by atoms with van der Waals surface area (Å²) < 4.78 is 35.2. The van der Waals surface area contributed by atoms with Gasteiger partial charge in [-0.3, -0.25) is 4.55 Å². The highest BCUT2D eigenvalue weighted by Crippen LogP contribution is 2.29. The highest BCUT2D eigenvalue weighted by atomic mass is 32.2. The third-order valence-corrected chi connectivity index (χ3v) is 6.29. The van der Waals surface area contributed by atoms with Crippen LogP contribution in [0.1, 0.15) is 35.4 Å². The lowest BCUT2D eigenvalue weighted by Crippen LogP contribution is -2.34. The van der Waals surface area contributed by atoms with Crippen molar-refractivity contribution in [2.45, 2.75) is 31.8 Å². The van der Waals surface area contributed by atoms with Gasteiger partial charge in [0.1, 0.15) is 5.82 Å². The molecule has 1 saturated heterocycles. The molecule has 28 heavy (non-hydrogen) atoms. The topological polar surface area (TPSA) is 72.9 Å². The first-order valence-corrected chi connectivity index (χ1v) is 10.3. The van der Waals surface area contributed by atoms with E-state index in [1.54, 1.807) is 15.3 Å². The molecule has 8 heteroatoms. The van der Waals surface area contributed by atoms with Gasteiger partial charge < -0.3 is 10.2 Å². The number of fused-ring (bicyclic) bond motifs is 1. The third kappa shape index (κ3) is 4.09. The molecular formula is C20H22FN3O3S. The Bertz CT molecular complexity index is 898. The van der Waals surface area contributed by atoms with Gasteiger partial charge in [0.15, 0.2) is 0 Å². The van der Waals surface area contributed by atoms with E-state index in [0.29, 0.717) is 37.8 Å². The molecule has 6 nitrogen and oxygen atoms in total. The van der Waals surface area contributed by atoms with Gasteiger partial charge in [0.25, 0.3) is 0 Å². The molecule has 2 aliphatic heterocycles. The summed E-state index contributed by atoms with van der Waals surface area (Å²) in [5.41, 5.74) is 3.71. The van der Waals surface area contributed by atoms with Crippen molar-refractivity contribution in [2.24, 2.45) is 0 Å². The van der Waals surface area contributed by atoms with Crippen molar-refractivity contribution in [3.63, 3.8) is 0 Å². The minimum atomic E-state index is -1.89. The average Bonchev–Trinajstić information content (AvgIpc) is 3.12. The molecule has 1 unspecified atom stereocenters. The fourth-order valence-corrected chi connectivity index (χ4v) is 4.42. The number of hydrogen-bond donors (Lipinski definition) is 2. The van der Waals surface area contributed by atoms with E-state index in [1.165, 1.54) is 17.7 Å². The van der Waals surface area contributed by atoms with Gasteiger partial charge in [0, 0.05) is 31.9 Å². The monoisotopic (exact) mass is 403 g/mol. The van der Waals surface area contributed by atoms with Gasteiger partial charge in [0.2, 0.25) is 11.3 Å². The Morgan fingerprint density at radius 2 is 1.75 bits per heavy atom. The SMILES string of the molecule is O=C(Nc1ccc(C2CCN(S(=O)O)CC2)cc1)N1Cc2ccc(F)cc2C1. The predicted octanol–water partition coefficient (Wildman–Crippen LogP) is 3.69.